The Bertz CT molecular complexity index is 891. The number of allylic oxidation sites excluding steroid dienone is 3. The Hall–Kier alpha value is -2.41. The second-order valence-corrected chi connectivity index (χ2v) is 8.57. The molecule has 7 nitrogen and oxygen atoms in total. The van der Waals surface area contributed by atoms with Gasteiger partial charge in [-0.1, -0.05) is 19.1 Å². The van der Waals surface area contributed by atoms with Gasteiger partial charge < -0.3 is 14.8 Å². The third-order valence-electron chi connectivity index (χ3n) is 6.57. The van der Waals surface area contributed by atoms with Crippen LogP contribution in [0.3, 0.4) is 0 Å². The molecule has 0 unspecified atom stereocenters. The van der Waals surface area contributed by atoms with Crippen molar-refractivity contribution in [3.63, 3.8) is 0 Å². The second kappa shape index (κ2) is 8.76. The lowest BCUT2D eigenvalue weighted by Gasteiger charge is -2.36. The number of nitrogens with zero attached hydrogens (tertiary/aromatic N) is 2. The summed E-state index contributed by atoms with van der Waals surface area (Å²) in [4.78, 5) is 25.1. The van der Waals surface area contributed by atoms with Crippen LogP contribution in [0.1, 0.15) is 61.3 Å². The molecule has 0 atom stereocenters. The maximum atomic E-state index is 12.8. The number of rotatable bonds is 6. The van der Waals surface area contributed by atoms with E-state index in [2.05, 4.69) is 5.32 Å². The molecule has 3 heterocycles. The fraction of sp³-hybridized carbons (Fsp3) is 0.609. The monoisotopic (exact) mass is 413 g/mol. The van der Waals surface area contributed by atoms with Gasteiger partial charge in [-0.3, -0.25) is 9.48 Å². The van der Waals surface area contributed by atoms with E-state index in [1.807, 2.05) is 30.7 Å². The quantitative estimate of drug-likeness (QED) is 0.573. The molecule has 4 rings (SSSR count). The van der Waals surface area contributed by atoms with Crippen molar-refractivity contribution in [1.82, 2.24) is 15.1 Å². The summed E-state index contributed by atoms with van der Waals surface area (Å²) >= 11 is 0. The predicted octanol–water partition coefficient (Wildman–Crippen LogP) is 2.74. The van der Waals surface area contributed by atoms with E-state index < -0.39 is 0 Å². The number of nitrogens with one attached hydrogen (secondary N) is 1. The molecule has 3 aliphatic rings. The third kappa shape index (κ3) is 4.08. The molecule has 0 radical (unpaired) electrons. The van der Waals surface area contributed by atoms with Crippen molar-refractivity contribution < 1.29 is 19.1 Å². The summed E-state index contributed by atoms with van der Waals surface area (Å²) in [5.41, 5.74) is 4.38. The van der Waals surface area contributed by atoms with Gasteiger partial charge >= 0.3 is 5.97 Å². The Labute approximate surface area is 177 Å². The summed E-state index contributed by atoms with van der Waals surface area (Å²) in [6.07, 6.45) is 8.69. The van der Waals surface area contributed by atoms with Gasteiger partial charge in [0.25, 0.3) is 5.91 Å². The standard InChI is InChI=1S/C23H31N3O4/c1-3-18-20-19(14-23(15-24-21(20)27)8-12-29-13-9-23)26(25-18)10-5-11-30-22(28)17-7-4-6-16(17)2/h4,6H,3,5,7-15H2,1-2H3,(H,24,27). The van der Waals surface area contributed by atoms with Crippen molar-refractivity contribution in [3.8, 4) is 0 Å². The molecule has 2 aliphatic heterocycles. The molecule has 1 saturated heterocycles. The molecule has 1 aromatic heterocycles. The number of fused-ring (bicyclic) bond motifs is 1. The average molecular weight is 414 g/mol. The first-order valence-corrected chi connectivity index (χ1v) is 11.0. The van der Waals surface area contributed by atoms with Gasteiger partial charge in [-0.25, -0.2) is 4.79 Å². The van der Waals surface area contributed by atoms with E-state index in [4.69, 9.17) is 14.6 Å². The van der Waals surface area contributed by atoms with E-state index in [1.54, 1.807) is 0 Å². The number of carbonyl (C=O) groups is 2. The van der Waals surface area contributed by atoms with Crippen molar-refractivity contribution in [1.29, 1.82) is 0 Å². The maximum absolute atomic E-state index is 12.8. The first-order chi connectivity index (χ1) is 14.5. The molecule has 0 aromatic carbocycles. The fourth-order valence-corrected chi connectivity index (χ4v) is 4.68. The topological polar surface area (TPSA) is 82.5 Å². The Balaban J connectivity index is 1.45. The molecule has 162 valence electrons. The third-order valence-corrected chi connectivity index (χ3v) is 6.57. The van der Waals surface area contributed by atoms with Gasteiger partial charge in [0.05, 0.1) is 23.6 Å². The Morgan fingerprint density at radius 1 is 1.37 bits per heavy atom. The molecule has 30 heavy (non-hydrogen) atoms. The van der Waals surface area contributed by atoms with Crippen LogP contribution in [0.25, 0.3) is 0 Å². The highest BCUT2D eigenvalue weighted by Gasteiger charge is 2.39. The lowest BCUT2D eigenvalue weighted by molar-refractivity contribution is -0.139. The van der Waals surface area contributed by atoms with Crippen LogP contribution in [0, 0.1) is 5.41 Å². The van der Waals surface area contributed by atoms with Crippen LogP contribution < -0.4 is 5.32 Å². The van der Waals surface area contributed by atoms with Crippen LogP contribution >= 0.6 is 0 Å². The first-order valence-electron chi connectivity index (χ1n) is 11.0. The molecule has 1 fully saturated rings. The average Bonchev–Trinajstić information content (AvgIpc) is 3.29. The summed E-state index contributed by atoms with van der Waals surface area (Å²) in [5, 5.41) is 7.89. The molecule has 1 amide bonds. The number of hydrogen-bond donors (Lipinski definition) is 1. The van der Waals surface area contributed by atoms with Crippen LogP contribution in [0.5, 0.6) is 0 Å². The highest BCUT2D eigenvalue weighted by Crippen LogP contribution is 2.37. The Kier molecular flexibility index (Phi) is 6.09. The molecule has 1 spiro atoms. The number of aryl methyl sites for hydroxylation is 2. The van der Waals surface area contributed by atoms with Crippen LogP contribution in [0.15, 0.2) is 23.3 Å². The minimum absolute atomic E-state index is 0.0148. The zero-order valence-corrected chi connectivity index (χ0v) is 18.0. The normalized spacial score (nSPS) is 20.3. The van der Waals surface area contributed by atoms with E-state index in [1.165, 1.54) is 0 Å². The number of carbonyl (C=O) groups excluding carboxylic acids is 2. The SMILES string of the molecule is CCc1nn(CCCOC(=O)C2=C(C)C=CC2)c2c1C(=O)NCC1(CCOCC1)C2. The van der Waals surface area contributed by atoms with Crippen molar-refractivity contribution in [2.45, 2.75) is 58.9 Å². The van der Waals surface area contributed by atoms with Crippen molar-refractivity contribution in [3.05, 3.63) is 40.2 Å². The van der Waals surface area contributed by atoms with Gasteiger partial charge in [-0.15, -0.1) is 0 Å². The Morgan fingerprint density at radius 3 is 2.87 bits per heavy atom. The van der Waals surface area contributed by atoms with Crippen molar-refractivity contribution >= 4 is 11.9 Å². The molecular weight excluding hydrogens is 382 g/mol. The van der Waals surface area contributed by atoms with Gasteiger partial charge in [0.1, 0.15) is 0 Å². The van der Waals surface area contributed by atoms with Gasteiger partial charge in [0.15, 0.2) is 0 Å². The number of aromatic nitrogens is 2. The summed E-state index contributed by atoms with van der Waals surface area (Å²) in [6, 6.07) is 0. The smallest absolute Gasteiger partial charge is 0.334 e. The van der Waals surface area contributed by atoms with E-state index >= 15 is 0 Å². The maximum Gasteiger partial charge on any atom is 0.334 e. The summed E-state index contributed by atoms with van der Waals surface area (Å²) in [5.74, 6) is -0.245. The minimum atomic E-state index is -0.230. The van der Waals surface area contributed by atoms with E-state index in [0.29, 0.717) is 39.0 Å². The van der Waals surface area contributed by atoms with E-state index in [9.17, 15) is 9.59 Å². The van der Waals surface area contributed by atoms with Crippen LogP contribution in [-0.2, 0) is 33.7 Å². The van der Waals surface area contributed by atoms with E-state index in [-0.39, 0.29) is 17.3 Å². The minimum Gasteiger partial charge on any atom is -0.462 e. The Morgan fingerprint density at radius 2 is 2.17 bits per heavy atom. The summed E-state index contributed by atoms with van der Waals surface area (Å²) < 4.78 is 13.0. The lowest BCUT2D eigenvalue weighted by atomic mass is 9.76. The van der Waals surface area contributed by atoms with Crippen molar-refractivity contribution in [2.24, 2.45) is 5.41 Å². The van der Waals surface area contributed by atoms with Crippen LogP contribution in [0.2, 0.25) is 0 Å². The molecule has 7 heteroatoms. The zero-order chi connectivity index (χ0) is 21.1. The largest absolute Gasteiger partial charge is 0.462 e. The molecule has 0 saturated carbocycles. The number of esters is 1. The summed E-state index contributed by atoms with van der Waals surface area (Å²) in [7, 11) is 0. The molecule has 1 N–H and O–H groups in total. The van der Waals surface area contributed by atoms with Gasteiger partial charge in [-0.05, 0) is 50.0 Å². The lowest BCUT2D eigenvalue weighted by Crippen LogP contribution is -2.40. The van der Waals surface area contributed by atoms with Crippen LogP contribution in [-0.4, -0.2) is 48.0 Å². The molecule has 1 aromatic rings. The van der Waals surface area contributed by atoms with E-state index in [0.717, 1.165) is 60.6 Å². The zero-order valence-electron chi connectivity index (χ0n) is 18.0. The van der Waals surface area contributed by atoms with Gasteiger partial charge in [0, 0.05) is 38.3 Å². The van der Waals surface area contributed by atoms with Gasteiger partial charge in [0.2, 0.25) is 0 Å². The molecule has 1 aliphatic carbocycles. The molecule has 0 bridgehead atoms. The van der Waals surface area contributed by atoms with Crippen LogP contribution in [0.4, 0.5) is 0 Å². The first kappa shape index (κ1) is 20.8. The summed E-state index contributed by atoms with van der Waals surface area (Å²) in [6.45, 7) is 7.10. The fourth-order valence-electron chi connectivity index (χ4n) is 4.68. The highest BCUT2D eigenvalue weighted by atomic mass is 16.5. The highest BCUT2D eigenvalue weighted by molar-refractivity contribution is 5.97. The number of amides is 1. The molecular formula is C23H31N3O4. The van der Waals surface area contributed by atoms with Crippen molar-refractivity contribution in [2.75, 3.05) is 26.4 Å². The van der Waals surface area contributed by atoms with Gasteiger partial charge in [-0.2, -0.15) is 5.10 Å². The predicted molar refractivity (Wildman–Crippen MR) is 112 cm³/mol. The second-order valence-electron chi connectivity index (χ2n) is 8.57. The number of hydrogen-bond acceptors (Lipinski definition) is 5. The number of ether oxygens (including phenoxy) is 2.